The predicted molar refractivity (Wildman–Crippen MR) is 47.1 cm³/mol. The van der Waals surface area contributed by atoms with E-state index in [0.29, 0.717) is 18.5 Å². The Morgan fingerprint density at radius 3 is 2.86 bits per heavy atom. The van der Waals surface area contributed by atoms with Gasteiger partial charge in [0, 0.05) is 6.54 Å². The number of primary amides is 1. The second-order valence-corrected chi connectivity index (χ2v) is 3.08. The summed E-state index contributed by atoms with van der Waals surface area (Å²) < 4.78 is 5.19. The van der Waals surface area contributed by atoms with Crippen molar-refractivity contribution in [3.05, 3.63) is 5.89 Å². The highest BCUT2D eigenvalue weighted by atomic mass is 16.4. The van der Waals surface area contributed by atoms with Crippen LogP contribution in [0.4, 0.5) is 6.01 Å². The van der Waals surface area contributed by atoms with Gasteiger partial charge in [0.15, 0.2) is 0 Å². The van der Waals surface area contributed by atoms with E-state index in [9.17, 15) is 4.79 Å². The Labute approximate surface area is 80.1 Å². The number of carbonyl (C=O) groups is 1. The van der Waals surface area contributed by atoms with Gasteiger partial charge in [0.2, 0.25) is 11.8 Å². The number of amides is 1. The summed E-state index contributed by atoms with van der Waals surface area (Å²) in [6.45, 7) is 0.905. The monoisotopic (exact) mass is 197 g/mol. The SMILES string of the molecule is NCc1nnc(N2CCC2C(N)=O)o1. The highest BCUT2D eigenvalue weighted by Crippen LogP contribution is 2.24. The maximum atomic E-state index is 10.9. The summed E-state index contributed by atoms with van der Waals surface area (Å²) in [7, 11) is 0. The molecule has 1 aromatic heterocycles. The van der Waals surface area contributed by atoms with E-state index in [2.05, 4.69) is 10.2 Å². The number of nitrogens with two attached hydrogens (primary N) is 2. The van der Waals surface area contributed by atoms with E-state index in [1.54, 1.807) is 4.90 Å². The van der Waals surface area contributed by atoms with Crippen LogP contribution < -0.4 is 16.4 Å². The van der Waals surface area contributed by atoms with E-state index < -0.39 is 0 Å². The summed E-state index contributed by atoms with van der Waals surface area (Å²) in [6.07, 6.45) is 0.732. The van der Waals surface area contributed by atoms with E-state index >= 15 is 0 Å². The number of aromatic nitrogens is 2. The van der Waals surface area contributed by atoms with Crippen molar-refractivity contribution in [1.82, 2.24) is 10.2 Å². The number of nitrogens with zero attached hydrogens (tertiary/aromatic N) is 3. The summed E-state index contributed by atoms with van der Waals surface area (Å²) in [5, 5.41) is 7.46. The van der Waals surface area contributed by atoms with Crippen LogP contribution in [-0.4, -0.2) is 28.7 Å². The molecule has 1 amide bonds. The Bertz CT molecular complexity index is 350. The standard InChI is InChI=1S/C7H11N5O2/c8-3-5-10-11-7(14-5)12-2-1-4(12)6(9)13/h4H,1-3,8H2,(H2,9,13). The molecule has 0 aromatic carbocycles. The van der Waals surface area contributed by atoms with Crippen LogP contribution in [0.5, 0.6) is 0 Å². The van der Waals surface area contributed by atoms with Crippen LogP contribution in [-0.2, 0) is 11.3 Å². The van der Waals surface area contributed by atoms with E-state index in [4.69, 9.17) is 15.9 Å². The Hall–Kier alpha value is -1.63. The molecule has 7 heteroatoms. The molecule has 0 bridgehead atoms. The van der Waals surface area contributed by atoms with Gasteiger partial charge in [-0.2, -0.15) is 0 Å². The predicted octanol–water partition coefficient (Wildman–Crippen LogP) is -1.41. The van der Waals surface area contributed by atoms with Crippen molar-refractivity contribution >= 4 is 11.9 Å². The van der Waals surface area contributed by atoms with Crippen molar-refractivity contribution in [3.63, 3.8) is 0 Å². The van der Waals surface area contributed by atoms with Crippen LogP contribution >= 0.6 is 0 Å². The lowest BCUT2D eigenvalue weighted by Crippen LogP contribution is -2.55. The maximum Gasteiger partial charge on any atom is 0.318 e. The Kier molecular flexibility index (Phi) is 2.08. The molecule has 2 rings (SSSR count). The highest BCUT2D eigenvalue weighted by Gasteiger charge is 2.35. The average Bonchev–Trinajstić information content (AvgIpc) is 2.49. The number of carbonyl (C=O) groups excluding carboxylic acids is 1. The van der Waals surface area contributed by atoms with Crippen LogP contribution in [0.25, 0.3) is 0 Å². The summed E-state index contributed by atoms with van der Waals surface area (Å²) >= 11 is 0. The lowest BCUT2D eigenvalue weighted by molar-refractivity contribution is -0.120. The first-order valence-electron chi connectivity index (χ1n) is 4.31. The molecule has 0 radical (unpaired) electrons. The van der Waals surface area contributed by atoms with Crippen molar-refractivity contribution in [2.45, 2.75) is 19.0 Å². The van der Waals surface area contributed by atoms with Crippen molar-refractivity contribution in [3.8, 4) is 0 Å². The van der Waals surface area contributed by atoms with Crippen LogP contribution in [0.3, 0.4) is 0 Å². The highest BCUT2D eigenvalue weighted by molar-refractivity contribution is 5.84. The summed E-state index contributed by atoms with van der Waals surface area (Å²) in [5.41, 5.74) is 10.5. The first-order chi connectivity index (χ1) is 6.72. The molecule has 0 spiro atoms. The molecule has 1 aliphatic heterocycles. The Balaban J connectivity index is 2.12. The Morgan fingerprint density at radius 1 is 1.64 bits per heavy atom. The fraction of sp³-hybridized carbons (Fsp3) is 0.571. The van der Waals surface area contributed by atoms with Crippen molar-refractivity contribution < 1.29 is 9.21 Å². The quantitative estimate of drug-likeness (QED) is 0.616. The molecule has 2 heterocycles. The second-order valence-electron chi connectivity index (χ2n) is 3.08. The van der Waals surface area contributed by atoms with E-state index in [-0.39, 0.29) is 18.5 Å². The van der Waals surface area contributed by atoms with Gasteiger partial charge in [-0.1, -0.05) is 5.10 Å². The van der Waals surface area contributed by atoms with Gasteiger partial charge in [0.25, 0.3) is 0 Å². The first kappa shape index (κ1) is 8.95. The van der Waals surface area contributed by atoms with Gasteiger partial charge in [0.05, 0.1) is 6.54 Å². The van der Waals surface area contributed by atoms with Crippen molar-refractivity contribution in [2.24, 2.45) is 11.5 Å². The molecule has 1 unspecified atom stereocenters. The van der Waals surface area contributed by atoms with Gasteiger partial charge in [0.1, 0.15) is 6.04 Å². The molecule has 14 heavy (non-hydrogen) atoms. The molecule has 1 aliphatic rings. The smallest absolute Gasteiger partial charge is 0.318 e. The third-order valence-electron chi connectivity index (χ3n) is 2.22. The van der Waals surface area contributed by atoms with Crippen LogP contribution in [0.2, 0.25) is 0 Å². The van der Waals surface area contributed by atoms with E-state index in [1.807, 2.05) is 0 Å². The second kappa shape index (κ2) is 3.26. The zero-order valence-electron chi connectivity index (χ0n) is 7.51. The van der Waals surface area contributed by atoms with Gasteiger partial charge >= 0.3 is 6.01 Å². The topological polar surface area (TPSA) is 111 Å². The molecule has 4 N–H and O–H groups in total. The number of rotatable bonds is 3. The number of hydrogen-bond acceptors (Lipinski definition) is 6. The van der Waals surface area contributed by atoms with Gasteiger partial charge < -0.3 is 20.8 Å². The average molecular weight is 197 g/mol. The molecular weight excluding hydrogens is 186 g/mol. The summed E-state index contributed by atoms with van der Waals surface area (Å²) in [4.78, 5) is 12.6. The van der Waals surface area contributed by atoms with Crippen LogP contribution in [0, 0.1) is 0 Å². The third-order valence-corrected chi connectivity index (χ3v) is 2.22. The molecule has 1 atom stereocenters. The van der Waals surface area contributed by atoms with Crippen molar-refractivity contribution in [2.75, 3.05) is 11.4 Å². The van der Waals surface area contributed by atoms with E-state index in [1.165, 1.54) is 0 Å². The molecule has 1 saturated heterocycles. The molecular formula is C7H11N5O2. The molecule has 0 aliphatic carbocycles. The summed E-state index contributed by atoms with van der Waals surface area (Å²) in [5.74, 6) is -0.0149. The van der Waals surface area contributed by atoms with Crippen LogP contribution in [0.1, 0.15) is 12.3 Å². The molecule has 7 nitrogen and oxygen atoms in total. The largest absolute Gasteiger partial charge is 0.407 e. The minimum Gasteiger partial charge on any atom is -0.407 e. The minimum atomic E-state index is -0.372. The van der Waals surface area contributed by atoms with Gasteiger partial charge in [-0.05, 0) is 6.42 Å². The fourth-order valence-corrected chi connectivity index (χ4v) is 1.36. The molecule has 1 fully saturated rings. The maximum absolute atomic E-state index is 10.9. The first-order valence-corrected chi connectivity index (χ1v) is 4.31. The fourth-order valence-electron chi connectivity index (χ4n) is 1.36. The molecule has 76 valence electrons. The normalized spacial score (nSPS) is 20.6. The zero-order valence-corrected chi connectivity index (χ0v) is 7.51. The lowest BCUT2D eigenvalue weighted by atomic mass is 10.0. The lowest BCUT2D eigenvalue weighted by Gasteiger charge is -2.36. The van der Waals surface area contributed by atoms with Gasteiger partial charge in [-0.15, -0.1) is 5.10 Å². The van der Waals surface area contributed by atoms with Gasteiger partial charge in [-0.3, -0.25) is 4.79 Å². The Morgan fingerprint density at radius 2 is 2.43 bits per heavy atom. The minimum absolute atomic E-state index is 0.197. The van der Waals surface area contributed by atoms with Crippen molar-refractivity contribution in [1.29, 1.82) is 0 Å². The number of anilines is 1. The van der Waals surface area contributed by atoms with Crippen LogP contribution in [0.15, 0.2) is 4.42 Å². The summed E-state index contributed by atoms with van der Waals surface area (Å²) in [6, 6.07) is 0.00146. The number of hydrogen-bond donors (Lipinski definition) is 2. The van der Waals surface area contributed by atoms with Gasteiger partial charge in [-0.25, -0.2) is 0 Å². The molecule has 1 aromatic rings. The zero-order chi connectivity index (χ0) is 10.1. The van der Waals surface area contributed by atoms with E-state index in [0.717, 1.165) is 6.42 Å². The molecule has 0 saturated carbocycles. The third kappa shape index (κ3) is 1.31.